The number of esters is 1. The number of hydrogen-bond acceptors (Lipinski definition) is 2. The summed E-state index contributed by atoms with van der Waals surface area (Å²) in [6.45, 7) is 1.62. The molecule has 1 heterocycles. The van der Waals surface area contributed by atoms with Gasteiger partial charge in [0.2, 0.25) is 0 Å². The molecule has 0 amide bonds. The number of hydrogen-bond donors (Lipinski definition) is 0. The van der Waals surface area contributed by atoms with Gasteiger partial charge in [0.1, 0.15) is 6.67 Å². The molecular weight excluding hydrogens is 135 g/mol. The van der Waals surface area contributed by atoms with Crippen molar-refractivity contribution in [3.05, 3.63) is 0 Å². The standard InChI is InChI=1S/C7H11FO2/c1-2-7(5-8)3-4-10-6(7)9/h2-5H2,1H3. The van der Waals surface area contributed by atoms with Crippen molar-refractivity contribution in [2.24, 2.45) is 5.41 Å². The largest absolute Gasteiger partial charge is 0.465 e. The van der Waals surface area contributed by atoms with Crippen LogP contribution in [0.2, 0.25) is 0 Å². The topological polar surface area (TPSA) is 26.3 Å². The Labute approximate surface area is 59.4 Å². The highest BCUT2D eigenvalue weighted by molar-refractivity contribution is 5.78. The van der Waals surface area contributed by atoms with Crippen LogP contribution in [0.15, 0.2) is 0 Å². The van der Waals surface area contributed by atoms with Gasteiger partial charge in [-0.1, -0.05) is 6.92 Å². The van der Waals surface area contributed by atoms with E-state index < -0.39 is 12.1 Å². The zero-order valence-corrected chi connectivity index (χ0v) is 6.02. The summed E-state index contributed by atoms with van der Waals surface area (Å²) in [6.07, 6.45) is 1.08. The van der Waals surface area contributed by atoms with Crippen molar-refractivity contribution < 1.29 is 13.9 Å². The lowest BCUT2D eigenvalue weighted by molar-refractivity contribution is -0.147. The number of carbonyl (C=O) groups is 1. The zero-order valence-electron chi connectivity index (χ0n) is 6.02. The summed E-state index contributed by atoms with van der Waals surface area (Å²) < 4.78 is 17.0. The normalized spacial score (nSPS) is 32.4. The minimum absolute atomic E-state index is 0.363. The van der Waals surface area contributed by atoms with Crippen LogP contribution in [0.25, 0.3) is 0 Å². The van der Waals surface area contributed by atoms with E-state index in [0.29, 0.717) is 19.4 Å². The van der Waals surface area contributed by atoms with Gasteiger partial charge in [0.05, 0.1) is 12.0 Å². The van der Waals surface area contributed by atoms with Crippen molar-refractivity contribution in [3.63, 3.8) is 0 Å². The van der Waals surface area contributed by atoms with Gasteiger partial charge in [0.15, 0.2) is 0 Å². The molecule has 0 aliphatic carbocycles. The van der Waals surface area contributed by atoms with Crippen LogP contribution in [0.5, 0.6) is 0 Å². The Bertz CT molecular complexity index is 141. The molecule has 0 radical (unpaired) electrons. The Morgan fingerprint density at radius 2 is 2.50 bits per heavy atom. The highest BCUT2D eigenvalue weighted by atomic mass is 19.1. The summed E-state index contributed by atoms with van der Waals surface area (Å²) >= 11 is 0. The van der Waals surface area contributed by atoms with Gasteiger partial charge >= 0.3 is 5.97 Å². The van der Waals surface area contributed by atoms with Crippen LogP contribution < -0.4 is 0 Å². The van der Waals surface area contributed by atoms with E-state index in [1.807, 2.05) is 6.92 Å². The molecule has 0 bridgehead atoms. The third-order valence-electron chi connectivity index (χ3n) is 2.18. The van der Waals surface area contributed by atoms with Gasteiger partial charge in [-0.15, -0.1) is 0 Å². The second kappa shape index (κ2) is 2.56. The van der Waals surface area contributed by atoms with E-state index in [1.54, 1.807) is 0 Å². The molecule has 2 nitrogen and oxygen atoms in total. The highest BCUT2D eigenvalue weighted by Crippen LogP contribution is 2.33. The molecule has 1 aliphatic rings. The van der Waals surface area contributed by atoms with Crippen LogP contribution in [-0.4, -0.2) is 19.3 Å². The Balaban J connectivity index is 2.71. The fourth-order valence-corrected chi connectivity index (χ4v) is 1.13. The number of ether oxygens (including phenoxy) is 1. The van der Waals surface area contributed by atoms with E-state index in [0.717, 1.165) is 0 Å². The van der Waals surface area contributed by atoms with E-state index in [-0.39, 0.29) is 5.97 Å². The third kappa shape index (κ3) is 0.895. The minimum Gasteiger partial charge on any atom is -0.465 e. The molecule has 1 unspecified atom stereocenters. The number of rotatable bonds is 2. The van der Waals surface area contributed by atoms with Gasteiger partial charge in [-0.2, -0.15) is 0 Å². The highest BCUT2D eigenvalue weighted by Gasteiger charge is 2.42. The average Bonchev–Trinajstić information content (AvgIpc) is 2.32. The van der Waals surface area contributed by atoms with Crippen molar-refractivity contribution in [1.82, 2.24) is 0 Å². The molecule has 0 saturated carbocycles. The molecule has 10 heavy (non-hydrogen) atoms. The van der Waals surface area contributed by atoms with Crippen LogP contribution in [-0.2, 0) is 9.53 Å². The molecule has 0 N–H and O–H groups in total. The minimum atomic E-state index is -0.792. The van der Waals surface area contributed by atoms with Crippen molar-refractivity contribution >= 4 is 5.97 Å². The number of cyclic esters (lactones) is 1. The molecule has 1 atom stereocenters. The Hall–Kier alpha value is -0.600. The van der Waals surface area contributed by atoms with Gasteiger partial charge in [-0.25, -0.2) is 4.39 Å². The maximum Gasteiger partial charge on any atom is 0.314 e. The monoisotopic (exact) mass is 146 g/mol. The first-order chi connectivity index (χ1) is 4.75. The molecule has 1 aliphatic heterocycles. The van der Waals surface area contributed by atoms with E-state index >= 15 is 0 Å². The Kier molecular flexibility index (Phi) is 1.92. The van der Waals surface area contributed by atoms with E-state index in [9.17, 15) is 9.18 Å². The predicted molar refractivity (Wildman–Crippen MR) is 34.3 cm³/mol. The third-order valence-corrected chi connectivity index (χ3v) is 2.18. The van der Waals surface area contributed by atoms with Gasteiger partial charge in [0, 0.05) is 6.42 Å². The maximum absolute atomic E-state index is 12.3. The van der Waals surface area contributed by atoms with E-state index in [1.165, 1.54) is 0 Å². The molecule has 1 fully saturated rings. The van der Waals surface area contributed by atoms with Gasteiger partial charge < -0.3 is 4.74 Å². The number of alkyl halides is 1. The lowest BCUT2D eigenvalue weighted by Gasteiger charge is -2.16. The van der Waals surface area contributed by atoms with Gasteiger partial charge in [0.25, 0.3) is 0 Å². The van der Waals surface area contributed by atoms with Crippen LogP contribution in [0.4, 0.5) is 4.39 Å². The predicted octanol–water partition coefficient (Wildman–Crippen LogP) is 1.30. The van der Waals surface area contributed by atoms with Crippen molar-refractivity contribution in [3.8, 4) is 0 Å². The molecular formula is C7H11FO2. The Morgan fingerprint density at radius 1 is 1.80 bits per heavy atom. The molecule has 58 valence electrons. The lowest BCUT2D eigenvalue weighted by atomic mass is 9.85. The summed E-state index contributed by atoms with van der Waals surface area (Å²) in [5, 5.41) is 0. The van der Waals surface area contributed by atoms with Crippen molar-refractivity contribution in [1.29, 1.82) is 0 Å². The SMILES string of the molecule is CCC1(CF)CCOC1=O. The van der Waals surface area contributed by atoms with Crippen LogP contribution in [0, 0.1) is 5.41 Å². The molecule has 0 aromatic heterocycles. The lowest BCUT2D eigenvalue weighted by Crippen LogP contribution is -2.27. The number of halogens is 1. The van der Waals surface area contributed by atoms with Crippen LogP contribution >= 0.6 is 0 Å². The molecule has 0 spiro atoms. The second-order valence-electron chi connectivity index (χ2n) is 2.65. The maximum atomic E-state index is 12.3. The van der Waals surface area contributed by atoms with Gasteiger partial charge in [-0.05, 0) is 6.42 Å². The molecule has 1 saturated heterocycles. The molecule has 1 rings (SSSR count). The summed E-state index contributed by atoms with van der Waals surface area (Å²) in [5.74, 6) is -0.363. The average molecular weight is 146 g/mol. The van der Waals surface area contributed by atoms with E-state index in [4.69, 9.17) is 0 Å². The van der Waals surface area contributed by atoms with Crippen molar-refractivity contribution in [2.75, 3.05) is 13.3 Å². The van der Waals surface area contributed by atoms with Crippen LogP contribution in [0.3, 0.4) is 0 Å². The first-order valence-electron chi connectivity index (χ1n) is 3.48. The fraction of sp³-hybridized carbons (Fsp3) is 0.857. The van der Waals surface area contributed by atoms with E-state index in [2.05, 4.69) is 4.74 Å². The molecule has 0 aromatic carbocycles. The summed E-state index contributed by atoms with van der Waals surface area (Å²) in [7, 11) is 0. The summed E-state index contributed by atoms with van der Waals surface area (Å²) in [5.41, 5.74) is -0.792. The summed E-state index contributed by atoms with van der Waals surface area (Å²) in [6, 6.07) is 0. The molecule has 3 heteroatoms. The fourth-order valence-electron chi connectivity index (χ4n) is 1.13. The summed E-state index contributed by atoms with van der Waals surface area (Å²) in [4.78, 5) is 10.9. The first kappa shape index (κ1) is 7.51. The smallest absolute Gasteiger partial charge is 0.314 e. The van der Waals surface area contributed by atoms with Crippen molar-refractivity contribution in [2.45, 2.75) is 19.8 Å². The van der Waals surface area contributed by atoms with Gasteiger partial charge in [-0.3, -0.25) is 4.79 Å². The molecule has 0 aromatic rings. The quantitative estimate of drug-likeness (QED) is 0.549. The second-order valence-corrected chi connectivity index (χ2v) is 2.65. The van der Waals surface area contributed by atoms with Crippen LogP contribution in [0.1, 0.15) is 19.8 Å². The zero-order chi connectivity index (χ0) is 7.61. The first-order valence-corrected chi connectivity index (χ1v) is 3.48. The number of carbonyl (C=O) groups excluding carboxylic acids is 1. The Morgan fingerprint density at radius 3 is 2.70 bits per heavy atom.